The number of benzene rings is 1. The van der Waals surface area contributed by atoms with E-state index < -0.39 is 0 Å². The second-order valence-electron chi connectivity index (χ2n) is 6.89. The third-order valence-electron chi connectivity index (χ3n) is 4.95. The van der Waals surface area contributed by atoms with E-state index in [0.29, 0.717) is 12.5 Å². The molecule has 1 heterocycles. The Morgan fingerprint density at radius 2 is 1.96 bits per heavy atom. The van der Waals surface area contributed by atoms with Crippen molar-refractivity contribution in [1.82, 2.24) is 14.8 Å². The van der Waals surface area contributed by atoms with Crippen LogP contribution in [-0.4, -0.2) is 27.1 Å². The summed E-state index contributed by atoms with van der Waals surface area (Å²) >= 11 is 1.75. The van der Waals surface area contributed by atoms with E-state index in [1.165, 1.54) is 49.1 Å². The molecule has 1 aliphatic rings. The second kappa shape index (κ2) is 8.75. The molecule has 0 amide bonds. The van der Waals surface area contributed by atoms with Crippen LogP contribution in [0.4, 0.5) is 0 Å². The minimum atomic E-state index is 0.599. The van der Waals surface area contributed by atoms with Crippen LogP contribution >= 0.6 is 11.8 Å². The maximum atomic E-state index is 5.96. The van der Waals surface area contributed by atoms with Crippen LogP contribution in [-0.2, 0) is 6.54 Å². The van der Waals surface area contributed by atoms with Crippen molar-refractivity contribution in [1.29, 1.82) is 0 Å². The quantitative estimate of drug-likeness (QED) is 0.507. The van der Waals surface area contributed by atoms with Crippen LogP contribution in [0.15, 0.2) is 23.4 Å². The Hall–Kier alpha value is -1.49. The first kappa shape index (κ1) is 18.3. The lowest BCUT2D eigenvalue weighted by molar-refractivity contribution is 0.341. The van der Waals surface area contributed by atoms with Gasteiger partial charge in [0.05, 0.1) is 6.61 Å². The van der Waals surface area contributed by atoms with Crippen molar-refractivity contribution in [3.05, 3.63) is 35.2 Å². The molecule has 136 valence electrons. The Morgan fingerprint density at radius 3 is 2.72 bits per heavy atom. The Kier molecular flexibility index (Phi) is 6.40. The van der Waals surface area contributed by atoms with Gasteiger partial charge in [-0.2, -0.15) is 0 Å². The molecule has 1 aromatic carbocycles. The zero-order chi connectivity index (χ0) is 17.6. The zero-order valence-electron chi connectivity index (χ0n) is 15.6. The summed E-state index contributed by atoms with van der Waals surface area (Å²) in [5, 5.41) is 10.0. The number of hydrogen-bond donors (Lipinski definition) is 0. The fourth-order valence-corrected chi connectivity index (χ4v) is 4.34. The molecule has 0 bridgehead atoms. The fraction of sp³-hybridized carbons (Fsp3) is 0.600. The van der Waals surface area contributed by atoms with Gasteiger partial charge in [-0.05, 0) is 50.8 Å². The molecule has 0 unspecified atom stereocenters. The van der Waals surface area contributed by atoms with E-state index in [2.05, 4.69) is 53.7 Å². The predicted octanol–water partition coefficient (Wildman–Crippen LogP) is 5.13. The van der Waals surface area contributed by atoms with Crippen LogP contribution in [0.1, 0.15) is 61.9 Å². The van der Waals surface area contributed by atoms with Gasteiger partial charge in [0.2, 0.25) is 0 Å². The standard InChI is InChI=1S/C20H29N3OS/c1-4-23-19(17-8-6-5-7-9-17)21-22-20(23)25-13-12-24-18-14-15(2)10-11-16(18)3/h10-11,14,17H,4-9,12-13H2,1-3H3. The molecular formula is C20H29N3OS. The maximum Gasteiger partial charge on any atom is 0.191 e. The molecule has 0 radical (unpaired) electrons. The van der Waals surface area contributed by atoms with E-state index in [1.807, 2.05) is 0 Å². The Morgan fingerprint density at radius 1 is 1.16 bits per heavy atom. The average Bonchev–Trinajstić information content (AvgIpc) is 3.05. The van der Waals surface area contributed by atoms with Crippen molar-refractivity contribution in [3.63, 3.8) is 0 Å². The number of rotatable bonds is 7. The number of nitrogens with zero attached hydrogens (tertiary/aromatic N) is 3. The number of hydrogen-bond acceptors (Lipinski definition) is 4. The molecule has 0 aliphatic heterocycles. The third-order valence-corrected chi connectivity index (χ3v) is 5.88. The summed E-state index contributed by atoms with van der Waals surface area (Å²) in [5.41, 5.74) is 2.42. The molecule has 0 N–H and O–H groups in total. The smallest absolute Gasteiger partial charge is 0.191 e. The number of thioether (sulfide) groups is 1. The van der Waals surface area contributed by atoms with Crippen LogP contribution in [0.25, 0.3) is 0 Å². The first-order chi connectivity index (χ1) is 12.2. The lowest BCUT2D eigenvalue weighted by Gasteiger charge is -2.21. The van der Waals surface area contributed by atoms with Gasteiger partial charge in [0.1, 0.15) is 11.6 Å². The van der Waals surface area contributed by atoms with E-state index in [9.17, 15) is 0 Å². The van der Waals surface area contributed by atoms with Gasteiger partial charge in [0.25, 0.3) is 0 Å². The van der Waals surface area contributed by atoms with Gasteiger partial charge in [0, 0.05) is 18.2 Å². The molecular weight excluding hydrogens is 330 g/mol. The highest BCUT2D eigenvalue weighted by atomic mass is 32.2. The van der Waals surface area contributed by atoms with Crippen molar-refractivity contribution in [3.8, 4) is 5.75 Å². The summed E-state index contributed by atoms with van der Waals surface area (Å²) in [7, 11) is 0. The molecule has 1 aromatic heterocycles. The van der Waals surface area contributed by atoms with Crippen LogP contribution in [0.3, 0.4) is 0 Å². The largest absolute Gasteiger partial charge is 0.492 e. The highest BCUT2D eigenvalue weighted by Crippen LogP contribution is 2.33. The maximum absolute atomic E-state index is 5.96. The summed E-state index contributed by atoms with van der Waals surface area (Å²) < 4.78 is 8.26. The molecule has 0 spiro atoms. The molecule has 2 aromatic rings. The van der Waals surface area contributed by atoms with E-state index >= 15 is 0 Å². The monoisotopic (exact) mass is 359 g/mol. The number of ether oxygens (including phenoxy) is 1. The first-order valence-electron chi connectivity index (χ1n) is 9.45. The normalized spacial score (nSPS) is 15.5. The lowest BCUT2D eigenvalue weighted by Crippen LogP contribution is -2.12. The van der Waals surface area contributed by atoms with Gasteiger partial charge >= 0.3 is 0 Å². The van der Waals surface area contributed by atoms with E-state index in [4.69, 9.17) is 4.74 Å². The van der Waals surface area contributed by atoms with E-state index in [1.54, 1.807) is 11.8 Å². The summed E-state index contributed by atoms with van der Waals surface area (Å²) in [4.78, 5) is 0. The Bertz CT molecular complexity index is 692. The highest BCUT2D eigenvalue weighted by Gasteiger charge is 2.22. The molecule has 1 saturated carbocycles. The second-order valence-corrected chi connectivity index (χ2v) is 7.95. The molecule has 0 atom stereocenters. The van der Waals surface area contributed by atoms with Gasteiger partial charge in [0.15, 0.2) is 5.16 Å². The van der Waals surface area contributed by atoms with Crippen molar-refractivity contribution in [2.75, 3.05) is 12.4 Å². The summed E-state index contributed by atoms with van der Waals surface area (Å²) in [6, 6.07) is 6.34. The third kappa shape index (κ3) is 4.57. The van der Waals surface area contributed by atoms with Crippen molar-refractivity contribution in [2.45, 2.75) is 70.5 Å². The zero-order valence-corrected chi connectivity index (χ0v) is 16.4. The van der Waals surface area contributed by atoms with Crippen LogP contribution in [0.5, 0.6) is 5.75 Å². The minimum Gasteiger partial charge on any atom is -0.492 e. The Balaban J connectivity index is 1.56. The molecule has 5 heteroatoms. The Labute approximate surface area is 155 Å². The minimum absolute atomic E-state index is 0.599. The predicted molar refractivity (Wildman–Crippen MR) is 104 cm³/mol. The number of aryl methyl sites for hydroxylation is 2. The fourth-order valence-electron chi connectivity index (χ4n) is 3.51. The van der Waals surface area contributed by atoms with E-state index in [-0.39, 0.29) is 0 Å². The van der Waals surface area contributed by atoms with Gasteiger partial charge < -0.3 is 9.30 Å². The summed E-state index contributed by atoms with van der Waals surface area (Å²) in [6.07, 6.45) is 6.55. The first-order valence-corrected chi connectivity index (χ1v) is 10.4. The average molecular weight is 360 g/mol. The van der Waals surface area contributed by atoms with Crippen molar-refractivity contribution < 1.29 is 4.74 Å². The van der Waals surface area contributed by atoms with Crippen LogP contribution in [0.2, 0.25) is 0 Å². The van der Waals surface area contributed by atoms with Crippen molar-refractivity contribution >= 4 is 11.8 Å². The van der Waals surface area contributed by atoms with Crippen LogP contribution in [0, 0.1) is 13.8 Å². The van der Waals surface area contributed by atoms with Gasteiger partial charge in [-0.3, -0.25) is 0 Å². The summed E-state index contributed by atoms with van der Waals surface area (Å²) in [6.45, 7) is 8.00. The lowest BCUT2D eigenvalue weighted by atomic mass is 9.89. The van der Waals surface area contributed by atoms with Crippen molar-refractivity contribution in [2.24, 2.45) is 0 Å². The topological polar surface area (TPSA) is 39.9 Å². The molecule has 0 saturated heterocycles. The van der Waals surface area contributed by atoms with Gasteiger partial charge in [-0.25, -0.2) is 0 Å². The molecule has 25 heavy (non-hydrogen) atoms. The molecule has 4 nitrogen and oxygen atoms in total. The van der Waals surface area contributed by atoms with Gasteiger partial charge in [-0.1, -0.05) is 43.2 Å². The van der Waals surface area contributed by atoms with Crippen LogP contribution < -0.4 is 4.74 Å². The SMILES string of the molecule is CCn1c(SCCOc2cc(C)ccc2C)nnc1C1CCCCC1. The molecule has 1 aliphatic carbocycles. The van der Waals surface area contributed by atoms with Gasteiger partial charge in [-0.15, -0.1) is 10.2 Å². The molecule has 1 fully saturated rings. The molecule has 3 rings (SSSR count). The number of aromatic nitrogens is 3. The highest BCUT2D eigenvalue weighted by molar-refractivity contribution is 7.99. The van der Waals surface area contributed by atoms with E-state index in [0.717, 1.165) is 23.2 Å². The summed E-state index contributed by atoms with van der Waals surface area (Å²) in [5.74, 6) is 3.67.